The molecule has 0 aliphatic carbocycles. The number of rotatable bonds is 6. The lowest BCUT2D eigenvalue weighted by Gasteiger charge is -2.32. The maximum atomic E-state index is 12.9. The van der Waals surface area contributed by atoms with Crippen molar-refractivity contribution in [3.8, 4) is 11.8 Å². The van der Waals surface area contributed by atoms with Crippen molar-refractivity contribution < 1.29 is 19.0 Å². The van der Waals surface area contributed by atoms with Gasteiger partial charge in [0.05, 0.1) is 32.6 Å². The van der Waals surface area contributed by atoms with Gasteiger partial charge in [-0.05, 0) is 31.0 Å². The van der Waals surface area contributed by atoms with Crippen LogP contribution in [0.1, 0.15) is 28.9 Å². The molecule has 0 spiro atoms. The quantitative estimate of drug-likeness (QED) is 0.790. The number of hydrogen-bond donors (Lipinski definition) is 0. The molecule has 2 aromatic heterocycles. The molecule has 0 radical (unpaired) electrons. The lowest BCUT2D eigenvalue weighted by atomic mass is 10.1. The largest absolute Gasteiger partial charge is 0.481 e. The Labute approximate surface area is 152 Å². The van der Waals surface area contributed by atoms with Gasteiger partial charge in [0, 0.05) is 25.4 Å². The zero-order valence-electron chi connectivity index (χ0n) is 15.1. The molecule has 7 heteroatoms. The lowest BCUT2D eigenvalue weighted by Crippen LogP contribution is -2.43. The third-order valence-corrected chi connectivity index (χ3v) is 4.33. The molecule has 138 valence electrons. The Morgan fingerprint density at radius 1 is 1.23 bits per heavy atom. The van der Waals surface area contributed by atoms with E-state index in [4.69, 9.17) is 14.2 Å². The number of aromatic nitrogens is 2. The Hall–Kier alpha value is -2.67. The van der Waals surface area contributed by atoms with Crippen molar-refractivity contribution in [1.29, 1.82) is 0 Å². The Morgan fingerprint density at radius 3 is 2.85 bits per heavy atom. The summed E-state index contributed by atoms with van der Waals surface area (Å²) in [6.45, 7) is 1.68. The van der Waals surface area contributed by atoms with Gasteiger partial charge in [0.25, 0.3) is 5.91 Å². The lowest BCUT2D eigenvalue weighted by molar-refractivity contribution is -0.00795. The molecular weight excluding hydrogens is 334 g/mol. The Morgan fingerprint density at radius 2 is 2.12 bits per heavy atom. The van der Waals surface area contributed by atoms with Crippen molar-refractivity contribution >= 4 is 5.91 Å². The van der Waals surface area contributed by atoms with Gasteiger partial charge in [-0.1, -0.05) is 6.07 Å². The second kappa shape index (κ2) is 8.62. The maximum absolute atomic E-state index is 12.9. The average Bonchev–Trinajstić information content (AvgIpc) is 2.72. The monoisotopic (exact) mass is 357 g/mol. The molecule has 3 heterocycles. The predicted octanol–water partition coefficient (Wildman–Crippen LogP) is 2.32. The van der Waals surface area contributed by atoms with Crippen molar-refractivity contribution in [2.75, 3.05) is 27.3 Å². The van der Waals surface area contributed by atoms with E-state index in [-0.39, 0.29) is 17.9 Å². The van der Waals surface area contributed by atoms with E-state index in [1.807, 2.05) is 18.2 Å². The van der Waals surface area contributed by atoms with Gasteiger partial charge in [-0.2, -0.15) is 4.98 Å². The summed E-state index contributed by atoms with van der Waals surface area (Å²) in [5.41, 5.74) is 1.32. The molecule has 1 aliphatic rings. The maximum Gasteiger partial charge on any atom is 0.259 e. The van der Waals surface area contributed by atoms with Crippen molar-refractivity contribution in [3.63, 3.8) is 0 Å². The summed E-state index contributed by atoms with van der Waals surface area (Å²) in [5.74, 6) is 0.572. The van der Waals surface area contributed by atoms with Crippen LogP contribution in [0, 0.1) is 0 Å². The molecule has 3 rings (SSSR count). The zero-order valence-corrected chi connectivity index (χ0v) is 15.1. The summed E-state index contributed by atoms with van der Waals surface area (Å²) in [6.07, 6.45) is 3.56. The summed E-state index contributed by atoms with van der Waals surface area (Å²) in [6, 6.07) is 9.09. The summed E-state index contributed by atoms with van der Waals surface area (Å²) in [5, 5.41) is 0. The third-order valence-electron chi connectivity index (χ3n) is 4.33. The molecular formula is C19H23N3O4. The van der Waals surface area contributed by atoms with Crippen LogP contribution in [0.4, 0.5) is 0 Å². The molecule has 0 aromatic carbocycles. The van der Waals surface area contributed by atoms with Crippen molar-refractivity contribution in [2.24, 2.45) is 0 Å². The number of piperidine rings is 1. The number of amides is 1. The number of pyridine rings is 2. The van der Waals surface area contributed by atoms with E-state index in [2.05, 4.69) is 9.97 Å². The first kappa shape index (κ1) is 18.1. The molecule has 7 nitrogen and oxygen atoms in total. The summed E-state index contributed by atoms with van der Waals surface area (Å²) < 4.78 is 16.3. The van der Waals surface area contributed by atoms with E-state index in [1.54, 1.807) is 23.2 Å². The van der Waals surface area contributed by atoms with Gasteiger partial charge >= 0.3 is 0 Å². The van der Waals surface area contributed by atoms with Crippen LogP contribution >= 0.6 is 0 Å². The number of likely N-dealkylation sites (tertiary alicyclic amines) is 1. The first-order chi connectivity index (χ1) is 12.7. The van der Waals surface area contributed by atoms with E-state index in [1.165, 1.54) is 14.2 Å². The van der Waals surface area contributed by atoms with Gasteiger partial charge in [0.15, 0.2) is 0 Å². The van der Waals surface area contributed by atoms with Crippen LogP contribution in [0.15, 0.2) is 36.5 Å². The number of carbonyl (C=O) groups is 1. The van der Waals surface area contributed by atoms with Gasteiger partial charge in [0.1, 0.15) is 5.56 Å². The van der Waals surface area contributed by atoms with Gasteiger partial charge < -0.3 is 19.1 Å². The highest BCUT2D eigenvalue weighted by atomic mass is 16.5. The van der Waals surface area contributed by atoms with Gasteiger partial charge in [-0.3, -0.25) is 9.78 Å². The second-order valence-electron chi connectivity index (χ2n) is 6.06. The molecule has 1 fully saturated rings. The highest BCUT2D eigenvalue weighted by Crippen LogP contribution is 2.24. The van der Waals surface area contributed by atoms with Crippen LogP contribution in [0.25, 0.3) is 0 Å². The fourth-order valence-corrected chi connectivity index (χ4v) is 2.97. The van der Waals surface area contributed by atoms with Crippen LogP contribution < -0.4 is 9.47 Å². The predicted molar refractivity (Wildman–Crippen MR) is 95.3 cm³/mol. The van der Waals surface area contributed by atoms with Crippen LogP contribution in [-0.4, -0.2) is 54.2 Å². The normalized spacial score (nSPS) is 17.0. The minimum atomic E-state index is -0.108. The third kappa shape index (κ3) is 4.29. The molecule has 0 N–H and O–H groups in total. The van der Waals surface area contributed by atoms with E-state index >= 15 is 0 Å². The molecule has 1 unspecified atom stereocenters. The first-order valence-electron chi connectivity index (χ1n) is 8.61. The van der Waals surface area contributed by atoms with Crippen LogP contribution in [0.5, 0.6) is 11.8 Å². The molecule has 26 heavy (non-hydrogen) atoms. The molecule has 1 amide bonds. The smallest absolute Gasteiger partial charge is 0.259 e. The minimum Gasteiger partial charge on any atom is -0.481 e. The molecule has 1 saturated heterocycles. The number of methoxy groups -OCH3 is 2. The number of nitrogens with zero attached hydrogens (tertiary/aromatic N) is 3. The van der Waals surface area contributed by atoms with E-state index in [0.29, 0.717) is 31.1 Å². The van der Waals surface area contributed by atoms with Crippen molar-refractivity contribution in [3.05, 3.63) is 47.8 Å². The van der Waals surface area contributed by atoms with Crippen molar-refractivity contribution in [2.45, 2.75) is 25.6 Å². The number of hydrogen-bond acceptors (Lipinski definition) is 6. The minimum absolute atomic E-state index is 0.00749. The Balaban J connectivity index is 1.64. The SMILES string of the molecule is COc1ccc(C(=O)N2CCCC(OCc3ccccn3)C2)c(OC)n1. The highest BCUT2D eigenvalue weighted by molar-refractivity contribution is 5.96. The fraction of sp³-hybridized carbons (Fsp3) is 0.421. The summed E-state index contributed by atoms with van der Waals surface area (Å²) in [4.78, 5) is 23.1. The molecule has 2 aromatic rings. The number of ether oxygens (including phenoxy) is 3. The van der Waals surface area contributed by atoms with Crippen molar-refractivity contribution in [1.82, 2.24) is 14.9 Å². The number of carbonyl (C=O) groups excluding carboxylic acids is 1. The average molecular weight is 357 g/mol. The van der Waals surface area contributed by atoms with E-state index in [0.717, 1.165) is 18.5 Å². The molecule has 0 saturated carbocycles. The topological polar surface area (TPSA) is 73.8 Å². The Bertz CT molecular complexity index is 739. The van der Waals surface area contributed by atoms with Gasteiger partial charge in [0.2, 0.25) is 11.8 Å². The van der Waals surface area contributed by atoms with Gasteiger partial charge in [-0.15, -0.1) is 0 Å². The second-order valence-corrected chi connectivity index (χ2v) is 6.06. The molecule has 1 atom stereocenters. The van der Waals surface area contributed by atoms with E-state index < -0.39 is 0 Å². The van der Waals surface area contributed by atoms with Crippen LogP contribution in [-0.2, 0) is 11.3 Å². The van der Waals surface area contributed by atoms with Crippen LogP contribution in [0.2, 0.25) is 0 Å². The molecule has 0 bridgehead atoms. The summed E-state index contributed by atoms with van der Waals surface area (Å²) in [7, 11) is 3.02. The standard InChI is InChI=1S/C19H23N3O4/c1-24-17-9-8-16(18(21-17)25-2)19(23)22-11-5-7-15(12-22)26-13-14-6-3-4-10-20-14/h3-4,6,8-10,15H,5,7,11-13H2,1-2H3. The fourth-order valence-electron chi connectivity index (χ4n) is 2.97. The Kier molecular flexibility index (Phi) is 6.01. The van der Waals surface area contributed by atoms with Crippen LogP contribution in [0.3, 0.4) is 0 Å². The first-order valence-corrected chi connectivity index (χ1v) is 8.61. The molecule has 1 aliphatic heterocycles. The van der Waals surface area contributed by atoms with E-state index in [9.17, 15) is 4.79 Å². The highest BCUT2D eigenvalue weighted by Gasteiger charge is 2.27. The zero-order chi connectivity index (χ0) is 18.4. The van der Waals surface area contributed by atoms with Gasteiger partial charge in [-0.25, -0.2) is 0 Å². The summed E-state index contributed by atoms with van der Waals surface area (Å²) >= 11 is 0.